The standard InChI is InChI=1S/C9H10ClNO.CH2O2/c10-9-4-2-1-3-8(9)5-6-11-7-12;2-1-3/h1-4,7H,5-6H2,(H,11,12);1H,(H,2,3). The van der Waals surface area contributed by atoms with Crippen molar-refractivity contribution in [1.82, 2.24) is 5.32 Å². The Balaban J connectivity index is 0.000000583. The zero-order valence-electron chi connectivity index (χ0n) is 8.02. The number of rotatable bonds is 4. The second-order valence-electron chi connectivity index (χ2n) is 2.52. The Morgan fingerprint density at radius 1 is 1.33 bits per heavy atom. The van der Waals surface area contributed by atoms with Gasteiger partial charge in [-0.2, -0.15) is 0 Å². The van der Waals surface area contributed by atoms with Crippen LogP contribution in [0.1, 0.15) is 5.56 Å². The van der Waals surface area contributed by atoms with E-state index in [9.17, 15) is 4.79 Å². The molecule has 0 saturated carbocycles. The fourth-order valence-corrected chi connectivity index (χ4v) is 1.20. The highest BCUT2D eigenvalue weighted by Gasteiger charge is 1.96. The van der Waals surface area contributed by atoms with Crippen molar-refractivity contribution in [2.24, 2.45) is 0 Å². The van der Waals surface area contributed by atoms with Gasteiger partial charge in [-0.1, -0.05) is 29.8 Å². The lowest BCUT2D eigenvalue weighted by Crippen LogP contribution is -2.14. The van der Waals surface area contributed by atoms with Crippen LogP contribution in [0.3, 0.4) is 0 Å². The number of halogens is 1. The molecule has 0 bridgehead atoms. The van der Waals surface area contributed by atoms with E-state index >= 15 is 0 Å². The Morgan fingerprint density at radius 2 is 1.93 bits per heavy atom. The molecule has 2 N–H and O–H groups in total. The number of benzene rings is 1. The lowest BCUT2D eigenvalue weighted by atomic mass is 10.1. The van der Waals surface area contributed by atoms with E-state index in [0.717, 1.165) is 17.0 Å². The largest absolute Gasteiger partial charge is 0.483 e. The molecule has 0 heterocycles. The summed E-state index contributed by atoms with van der Waals surface area (Å²) in [6, 6.07) is 7.62. The molecule has 1 aromatic rings. The van der Waals surface area contributed by atoms with Crippen LogP contribution >= 0.6 is 11.6 Å². The quantitative estimate of drug-likeness (QED) is 0.605. The summed E-state index contributed by atoms with van der Waals surface area (Å²) in [5.41, 5.74) is 1.06. The van der Waals surface area contributed by atoms with Crippen molar-refractivity contribution in [1.29, 1.82) is 0 Å². The Hall–Kier alpha value is -1.55. The Kier molecular flexibility index (Phi) is 8.09. The molecule has 0 aliphatic carbocycles. The van der Waals surface area contributed by atoms with E-state index in [1.807, 2.05) is 24.3 Å². The highest BCUT2D eigenvalue weighted by atomic mass is 35.5. The molecule has 82 valence electrons. The zero-order chi connectivity index (χ0) is 11.5. The summed E-state index contributed by atoms with van der Waals surface area (Å²) in [6.07, 6.45) is 1.47. The van der Waals surface area contributed by atoms with E-state index in [0.29, 0.717) is 13.0 Å². The van der Waals surface area contributed by atoms with E-state index in [2.05, 4.69) is 5.32 Å². The molecule has 0 spiro atoms. The highest BCUT2D eigenvalue weighted by molar-refractivity contribution is 6.31. The molecular weight excluding hydrogens is 218 g/mol. The summed E-state index contributed by atoms with van der Waals surface area (Å²) in [5.74, 6) is 0. The van der Waals surface area contributed by atoms with E-state index in [4.69, 9.17) is 21.5 Å². The van der Waals surface area contributed by atoms with Crippen LogP contribution in [0.15, 0.2) is 24.3 Å². The van der Waals surface area contributed by atoms with Gasteiger partial charge in [-0.25, -0.2) is 0 Å². The number of carbonyl (C=O) groups is 2. The van der Waals surface area contributed by atoms with Crippen molar-refractivity contribution in [3.05, 3.63) is 34.9 Å². The van der Waals surface area contributed by atoms with Crippen molar-refractivity contribution in [3.63, 3.8) is 0 Å². The first-order valence-corrected chi connectivity index (χ1v) is 4.62. The van der Waals surface area contributed by atoms with Gasteiger partial charge in [0.15, 0.2) is 0 Å². The topological polar surface area (TPSA) is 66.4 Å². The molecule has 0 aliphatic rings. The number of carboxylic acid groups (broad SMARTS) is 1. The van der Waals surface area contributed by atoms with Crippen molar-refractivity contribution in [2.45, 2.75) is 6.42 Å². The Labute approximate surface area is 92.9 Å². The zero-order valence-corrected chi connectivity index (χ0v) is 8.78. The van der Waals surface area contributed by atoms with Gasteiger partial charge in [-0.3, -0.25) is 9.59 Å². The maximum atomic E-state index is 9.94. The van der Waals surface area contributed by atoms with Gasteiger partial charge in [-0.15, -0.1) is 0 Å². The molecule has 0 unspecified atom stereocenters. The molecule has 4 nitrogen and oxygen atoms in total. The smallest absolute Gasteiger partial charge is 0.290 e. The van der Waals surface area contributed by atoms with E-state index in [1.165, 1.54) is 0 Å². The van der Waals surface area contributed by atoms with Crippen LogP contribution in [-0.2, 0) is 16.0 Å². The van der Waals surface area contributed by atoms with Crippen molar-refractivity contribution < 1.29 is 14.7 Å². The van der Waals surface area contributed by atoms with Crippen LogP contribution in [0.2, 0.25) is 5.02 Å². The number of amides is 1. The van der Waals surface area contributed by atoms with Gasteiger partial charge in [0.05, 0.1) is 0 Å². The van der Waals surface area contributed by atoms with E-state index in [-0.39, 0.29) is 6.47 Å². The summed E-state index contributed by atoms with van der Waals surface area (Å²) in [7, 11) is 0. The molecule has 1 aromatic carbocycles. The average molecular weight is 230 g/mol. The van der Waals surface area contributed by atoms with Crippen molar-refractivity contribution in [2.75, 3.05) is 6.54 Å². The van der Waals surface area contributed by atoms with Gasteiger partial charge in [0, 0.05) is 11.6 Å². The normalized spacial score (nSPS) is 8.33. The van der Waals surface area contributed by atoms with Gasteiger partial charge in [0.25, 0.3) is 6.47 Å². The molecule has 1 amide bonds. The minimum atomic E-state index is -0.250. The summed E-state index contributed by atoms with van der Waals surface area (Å²) in [6.45, 7) is 0.382. The van der Waals surface area contributed by atoms with Gasteiger partial charge in [-0.05, 0) is 18.1 Å². The average Bonchev–Trinajstić information content (AvgIpc) is 2.22. The molecule has 5 heteroatoms. The molecule has 0 aliphatic heterocycles. The fraction of sp³-hybridized carbons (Fsp3) is 0.200. The predicted octanol–water partition coefficient (Wildman–Crippen LogP) is 1.33. The lowest BCUT2D eigenvalue weighted by Gasteiger charge is -2.01. The minimum Gasteiger partial charge on any atom is -0.483 e. The first-order chi connectivity index (χ1) is 7.26. The van der Waals surface area contributed by atoms with Crippen LogP contribution in [0.4, 0.5) is 0 Å². The predicted molar refractivity (Wildman–Crippen MR) is 57.9 cm³/mol. The van der Waals surface area contributed by atoms with Gasteiger partial charge < -0.3 is 10.4 Å². The van der Waals surface area contributed by atoms with Crippen molar-refractivity contribution in [3.8, 4) is 0 Å². The van der Waals surface area contributed by atoms with Gasteiger partial charge in [0.2, 0.25) is 6.41 Å². The first kappa shape index (κ1) is 13.4. The Bertz CT molecular complexity index is 304. The van der Waals surface area contributed by atoms with E-state index < -0.39 is 0 Å². The maximum absolute atomic E-state index is 9.94. The monoisotopic (exact) mass is 229 g/mol. The second-order valence-corrected chi connectivity index (χ2v) is 2.93. The number of nitrogens with one attached hydrogen (secondary N) is 1. The van der Waals surface area contributed by atoms with Gasteiger partial charge in [0.1, 0.15) is 0 Å². The van der Waals surface area contributed by atoms with Crippen LogP contribution in [-0.4, -0.2) is 24.5 Å². The molecule has 15 heavy (non-hydrogen) atoms. The summed E-state index contributed by atoms with van der Waals surface area (Å²) in [4.78, 5) is 18.3. The third kappa shape index (κ3) is 6.51. The molecule has 1 rings (SSSR count). The van der Waals surface area contributed by atoms with E-state index in [1.54, 1.807) is 0 Å². The third-order valence-electron chi connectivity index (χ3n) is 1.58. The highest BCUT2D eigenvalue weighted by Crippen LogP contribution is 2.14. The molecule has 0 atom stereocenters. The Morgan fingerprint density at radius 3 is 2.47 bits per heavy atom. The summed E-state index contributed by atoms with van der Waals surface area (Å²) in [5, 5.41) is 10.2. The molecule has 0 fully saturated rings. The SMILES string of the molecule is O=CNCCc1ccccc1Cl.O=CO. The summed E-state index contributed by atoms with van der Waals surface area (Å²) < 4.78 is 0. The molecule has 0 radical (unpaired) electrons. The second kappa shape index (κ2) is 9.02. The van der Waals surface area contributed by atoms with Gasteiger partial charge >= 0.3 is 0 Å². The summed E-state index contributed by atoms with van der Waals surface area (Å²) >= 11 is 5.89. The van der Waals surface area contributed by atoms with Crippen molar-refractivity contribution >= 4 is 24.5 Å². The molecular formula is C10H12ClNO3. The number of hydrogen-bond acceptors (Lipinski definition) is 2. The van der Waals surface area contributed by atoms with Crippen LogP contribution in [0, 0.1) is 0 Å². The molecule has 0 aromatic heterocycles. The number of carbonyl (C=O) groups excluding carboxylic acids is 1. The fourth-order valence-electron chi connectivity index (χ4n) is 0.967. The maximum Gasteiger partial charge on any atom is 0.290 e. The number of hydrogen-bond donors (Lipinski definition) is 2. The van der Waals surface area contributed by atoms with Crippen LogP contribution in [0.25, 0.3) is 0 Å². The minimum absolute atomic E-state index is 0.250. The molecule has 0 saturated heterocycles. The third-order valence-corrected chi connectivity index (χ3v) is 1.95. The first-order valence-electron chi connectivity index (χ1n) is 4.24. The van der Waals surface area contributed by atoms with Crippen LogP contribution < -0.4 is 5.32 Å². The van der Waals surface area contributed by atoms with Crippen LogP contribution in [0.5, 0.6) is 0 Å². The lowest BCUT2D eigenvalue weighted by molar-refractivity contribution is -0.122.